The number of carboxylic acid groups (broad SMARTS) is 1. The minimum absolute atomic E-state index is 0.0470. The van der Waals surface area contributed by atoms with Crippen LogP contribution in [0.1, 0.15) is 25.3 Å². The zero-order chi connectivity index (χ0) is 25.9. The Morgan fingerprint density at radius 2 is 1.92 bits per heavy atom. The molecule has 1 saturated heterocycles. The van der Waals surface area contributed by atoms with Gasteiger partial charge in [-0.05, 0) is 29.8 Å². The third-order valence-electron chi connectivity index (χ3n) is 6.23. The summed E-state index contributed by atoms with van der Waals surface area (Å²) >= 11 is 12.3. The number of fused-ring (bicyclic) bond motifs is 1. The molecule has 1 amide bonds. The molecule has 0 saturated carbocycles. The number of aliphatic carboxylic acids is 1. The molecular formula is C25H28Cl2N2O7. The molecule has 2 aliphatic rings. The lowest BCUT2D eigenvalue weighted by Gasteiger charge is -2.39. The Morgan fingerprint density at radius 1 is 1.17 bits per heavy atom. The molecule has 36 heavy (non-hydrogen) atoms. The van der Waals surface area contributed by atoms with Crippen molar-refractivity contribution in [2.24, 2.45) is 0 Å². The maximum Gasteiger partial charge on any atom is 0.341 e. The highest BCUT2D eigenvalue weighted by Crippen LogP contribution is 2.42. The quantitative estimate of drug-likeness (QED) is 0.443. The first-order valence-corrected chi connectivity index (χ1v) is 12.3. The van der Waals surface area contributed by atoms with Gasteiger partial charge in [-0.2, -0.15) is 0 Å². The molecule has 4 rings (SSSR count). The molecule has 2 heterocycles. The van der Waals surface area contributed by atoms with Crippen molar-refractivity contribution in [1.82, 2.24) is 4.90 Å². The third-order valence-corrected chi connectivity index (χ3v) is 6.76. The molecule has 1 fully saturated rings. The molecule has 11 heteroatoms. The highest BCUT2D eigenvalue weighted by Gasteiger charge is 2.42. The Kier molecular flexibility index (Phi) is 8.14. The van der Waals surface area contributed by atoms with E-state index < -0.39 is 18.7 Å². The van der Waals surface area contributed by atoms with Gasteiger partial charge in [0.05, 0.1) is 10.7 Å². The van der Waals surface area contributed by atoms with Gasteiger partial charge >= 0.3 is 5.97 Å². The number of carbonyl (C=O) groups excluding carboxylic acids is 1. The second kappa shape index (κ2) is 11.1. The predicted molar refractivity (Wildman–Crippen MR) is 135 cm³/mol. The molecule has 2 aromatic carbocycles. The van der Waals surface area contributed by atoms with Gasteiger partial charge in [0.1, 0.15) is 35.6 Å². The van der Waals surface area contributed by atoms with E-state index >= 15 is 0 Å². The maximum atomic E-state index is 11.6. The summed E-state index contributed by atoms with van der Waals surface area (Å²) in [5, 5.41) is 22.9. The average molecular weight is 539 g/mol. The number of likely N-dealkylation sites (tertiary alicyclic amines) is 1. The van der Waals surface area contributed by atoms with Crippen LogP contribution < -0.4 is 19.5 Å². The van der Waals surface area contributed by atoms with Gasteiger partial charge in [-0.25, -0.2) is 4.79 Å². The molecule has 2 aromatic rings. The van der Waals surface area contributed by atoms with Crippen molar-refractivity contribution in [3.63, 3.8) is 0 Å². The van der Waals surface area contributed by atoms with Gasteiger partial charge in [-0.15, -0.1) is 0 Å². The summed E-state index contributed by atoms with van der Waals surface area (Å²) in [5.74, 6) is -0.295. The lowest BCUT2D eigenvalue weighted by molar-refractivity contribution is -0.139. The Bertz CT molecular complexity index is 1140. The van der Waals surface area contributed by atoms with Crippen LogP contribution in [0.25, 0.3) is 0 Å². The van der Waals surface area contributed by atoms with Gasteiger partial charge in [0.25, 0.3) is 0 Å². The van der Waals surface area contributed by atoms with Gasteiger partial charge < -0.3 is 34.6 Å². The lowest BCUT2D eigenvalue weighted by Crippen LogP contribution is -2.49. The topological polar surface area (TPSA) is 118 Å². The van der Waals surface area contributed by atoms with Crippen LogP contribution in [0.4, 0.5) is 5.69 Å². The Labute approximate surface area is 218 Å². The van der Waals surface area contributed by atoms with Crippen LogP contribution in [-0.2, 0) is 16.0 Å². The number of hydrogen-bond donors (Lipinski definition) is 3. The van der Waals surface area contributed by atoms with Crippen LogP contribution in [-0.4, -0.2) is 71.5 Å². The summed E-state index contributed by atoms with van der Waals surface area (Å²) in [4.78, 5) is 24.6. The number of hydrogen-bond acceptors (Lipinski definition) is 7. The molecule has 3 N–H and O–H groups in total. The molecule has 2 aliphatic heterocycles. The number of amides is 1. The van der Waals surface area contributed by atoms with E-state index in [2.05, 4.69) is 10.2 Å². The number of anilines is 1. The van der Waals surface area contributed by atoms with Crippen LogP contribution in [0.15, 0.2) is 30.3 Å². The number of carboxylic acids is 1. The van der Waals surface area contributed by atoms with Crippen LogP contribution in [0.5, 0.6) is 17.2 Å². The first kappa shape index (κ1) is 26.3. The molecule has 9 nitrogen and oxygen atoms in total. The molecule has 1 atom stereocenters. The van der Waals surface area contributed by atoms with Gasteiger partial charge in [0.2, 0.25) is 5.91 Å². The Hall–Kier alpha value is -2.72. The number of aliphatic hydroxyl groups is 1. The monoisotopic (exact) mass is 538 g/mol. The zero-order valence-corrected chi connectivity index (χ0v) is 21.3. The van der Waals surface area contributed by atoms with Gasteiger partial charge in [-0.3, -0.25) is 4.79 Å². The number of rotatable bonds is 9. The van der Waals surface area contributed by atoms with E-state index in [-0.39, 0.29) is 34.6 Å². The molecule has 0 unspecified atom stereocenters. The molecule has 0 aromatic heterocycles. The standard InChI is InChI=1S/C25H28Cl2N2O7/c1-15(30)28-20-9-19(27)22(35-14-24(32)33)10-23(20)34-13-18(31)12-29-6-4-25(5-7-29)11-16-8-17(26)2-3-21(16)36-25/h2-3,8-10,18,31H,4-7,11-14H2,1H3,(H,28,30)(H,32,33)/t18-/m1/s1. The number of benzene rings is 2. The Morgan fingerprint density at radius 3 is 2.61 bits per heavy atom. The summed E-state index contributed by atoms with van der Waals surface area (Å²) in [6, 6.07) is 8.53. The van der Waals surface area contributed by atoms with Crippen molar-refractivity contribution in [2.75, 3.05) is 38.2 Å². The number of ether oxygens (including phenoxy) is 3. The summed E-state index contributed by atoms with van der Waals surface area (Å²) < 4.78 is 17.2. The molecule has 0 radical (unpaired) electrons. The fraction of sp³-hybridized carbons (Fsp3) is 0.440. The molecule has 1 spiro atoms. The van der Waals surface area contributed by atoms with E-state index in [1.807, 2.05) is 18.2 Å². The predicted octanol–water partition coefficient (Wildman–Crippen LogP) is 3.62. The summed E-state index contributed by atoms with van der Waals surface area (Å²) in [6.07, 6.45) is 1.70. The van der Waals surface area contributed by atoms with E-state index in [0.29, 0.717) is 17.3 Å². The van der Waals surface area contributed by atoms with Crippen molar-refractivity contribution in [2.45, 2.75) is 37.9 Å². The Balaban J connectivity index is 1.32. The van der Waals surface area contributed by atoms with Crippen molar-refractivity contribution in [3.05, 3.63) is 45.9 Å². The summed E-state index contributed by atoms with van der Waals surface area (Å²) in [6.45, 7) is 2.65. The lowest BCUT2D eigenvalue weighted by atomic mass is 9.87. The molecule has 0 aliphatic carbocycles. The molecular weight excluding hydrogens is 511 g/mol. The number of nitrogens with zero attached hydrogens (tertiary/aromatic N) is 1. The second-order valence-corrected chi connectivity index (χ2v) is 9.97. The molecule has 194 valence electrons. The van der Waals surface area contributed by atoms with Gasteiger partial charge in [0, 0.05) is 56.9 Å². The highest BCUT2D eigenvalue weighted by atomic mass is 35.5. The minimum Gasteiger partial charge on any atom is -0.489 e. The van der Waals surface area contributed by atoms with E-state index in [1.165, 1.54) is 19.1 Å². The fourth-order valence-electron chi connectivity index (χ4n) is 4.55. The normalized spacial score (nSPS) is 17.2. The van der Waals surface area contributed by atoms with Crippen LogP contribution >= 0.6 is 23.2 Å². The van der Waals surface area contributed by atoms with Crippen LogP contribution in [0, 0.1) is 0 Å². The minimum atomic E-state index is -1.16. The third kappa shape index (κ3) is 6.53. The van der Waals surface area contributed by atoms with E-state index in [9.17, 15) is 14.7 Å². The van der Waals surface area contributed by atoms with Crippen molar-refractivity contribution < 1.29 is 34.0 Å². The second-order valence-electron chi connectivity index (χ2n) is 9.12. The first-order valence-electron chi connectivity index (χ1n) is 11.6. The highest BCUT2D eigenvalue weighted by molar-refractivity contribution is 6.32. The zero-order valence-electron chi connectivity index (χ0n) is 19.8. The van der Waals surface area contributed by atoms with Gasteiger partial charge in [-0.1, -0.05) is 23.2 Å². The SMILES string of the molecule is CC(=O)Nc1cc(Cl)c(OCC(=O)O)cc1OC[C@H](O)CN1CCC2(CC1)Cc1cc(Cl)ccc1O2. The van der Waals surface area contributed by atoms with E-state index in [1.54, 1.807) is 0 Å². The summed E-state index contributed by atoms with van der Waals surface area (Å²) in [7, 11) is 0. The van der Waals surface area contributed by atoms with Crippen LogP contribution in [0.3, 0.4) is 0 Å². The van der Waals surface area contributed by atoms with Crippen molar-refractivity contribution in [1.29, 1.82) is 0 Å². The smallest absolute Gasteiger partial charge is 0.341 e. The number of β-amino-alcohol motifs (C(OH)–C–C–N with tert-alkyl or cyclic N) is 1. The molecule has 0 bridgehead atoms. The fourth-order valence-corrected chi connectivity index (χ4v) is 4.97. The van der Waals surface area contributed by atoms with Crippen molar-refractivity contribution in [3.8, 4) is 17.2 Å². The van der Waals surface area contributed by atoms with Crippen LogP contribution in [0.2, 0.25) is 10.0 Å². The number of carbonyl (C=O) groups is 2. The summed E-state index contributed by atoms with van der Waals surface area (Å²) in [5.41, 5.74) is 1.20. The number of piperidine rings is 1. The van der Waals surface area contributed by atoms with E-state index in [4.69, 9.17) is 42.5 Å². The number of nitrogens with one attached hydrogen (secondary N) is 1. The maximum absolute atomic E-state index is 11.6. The largest absolute Gasteiger partial charge is 0.489 e. The first-order chi connectivity index (χ1) is 17.1. The van der Waals surface area contributed by atoms with E-state index in [0.717, 1.165) is 43.7 Å². The number of halogens is 2. The average Bonchev–Trinajstić information content (AvgIpc) is 3.16. The van der Waals surface area contributed by atoms with Crippen molar-refractivity contribution >= 4 is 40.8 Å². The van der Waals surface area contributed by atoms with Gasteiger partial charge in [0.15, 0.2) is 6.61 Å². The number of aliphatic hydroxyl groups excluding tert-OH is 1.